The Balaban J connectivity index is 1.42. The molecule has 0 saturated carbocycles. The van der Waals surface area contributed by atoms with E-state index in [0.717, 1.165) is 5.56 Å². The van der Waals surface area contributed by atoms with Crippen LogP contribution in [0.15, 0.2) is 43.0 Å². The predicted molar refractivity (Wildman–Crippen MR) is 110 cm³/mol. The fraction of sp³-hybridized carbons (Fsp3) is 0.565. The van der Waals surface area contributed by atoms with Crippen LogP contribution in [0.4, 0.5) is 4.79 Å². The number of ether oxygens (including phenoxy) is 4. The van der Waals surface area contributed by atoms with Crippen LogP contribution in [-0.4, -0.2) is 72.8 Å². The normalized spacial score (nSPS) is 37.4. The summed E-state index contributed by atoms with van der Waals surface area (Å²) in [5.74, 6) is -1.39. The highest BCUT2D eigenvalue weighted by Gasteiger charge is 2.59. The van der Waals surface area contributed by atoms with E-state index < -0.39 is 17.6 Å². The lowest BCUT2D eigenvalue weighted by Crippen LogP contribution is -2.64. The molecule has 6 rings (SSSR count). The number of amides is 2. The van der Waals surface area contributed by atoms with E-state index in [1.165, 1.54) is 0 Å². The lowest BCUT2D eigenvalue weighted by molar-refractivity contribution is -0.466. The van der Waals surface area contributed by atoms with Gasteiger partial charge in [-0.1, -0.05) is 43.3 Å². The molecule has 0 radical (unpaired) electrons. The molecule has 5 aliphatic rings. The first-order chi connectivity index (χ1) is 14.9. The van der Waals surface area contributed by atoms with Crippen molar-refractivity contribution in [3.63, 3.8) is 0 Å². The summed E-state index contributed by atoms with van der Waals surface area (Å²) in [6.07, 6.45) is 2.04. The van der Waals surface area contributed by atoms with Crippen molar-refractivity contribution < 1.29 is 28.5 Å². The molecule has 5 fully saturated rings. The molecule has 0 unspecified atom stereocenters. The van der Waals surface area contributed by atoms with E-state index in [-0.39, 0.29) is 30.5 Å². The summed E-state index contributed by atoms with van der Waals surface area (Å²) in [5.41, 5.74) is -0.258. The van der Waals surface area contributed by atoms with Crippen LogP contribution < -0.4 is 0 Å². The third-order valence-corrected chi connectivity index (χ3v) is 6.79. The van der Waals surface area contributed by atoms with Crippen LogP contribution in [-0.2, 0) is 23.7 Å². The molecule has 1 aromatic rings. The van der Waals surface area contributed by atoms with Crippen LogP contribution in [0.3, 0.4) is 0 Å². The van der Waals surface area contributed by atoms with Crippen molar-refractivity contribution in [1.82, 2.24) is 9.80 Å². The molecule has 8 heteroatoms. The van der Waals surface area contributed by atoms with E-state index in [0.29, 0.717) is 39.2 Å². The fourth-order valence-corrected chi connectivity index (χ4v) is 5.01. The molecule has 0 aliphatic carbocycles. The number of hydrogen-bond acceptors (Lipinski definition) is 6. The predicted octanol–water partition coefficient (Wildman–Crippen LogP) is 2.46. The van der Waals surface area contributed by atoms with E-state index in [1.807, 2.05) is 30.3 Å². The number of hydrogen-bond donors (Lipinski definition) is 0. The Morgan fingerprint density at radius 3 is 2.45 bits per heavy atom. The molecule has 0 N–H and O–H groups in total. The molecule has 8 nitrogen and oxygen atoms in total. The molecule has 1 aromatic carbocycles. The second-order valence-electron chi connectivity index (χ2n) is 9.23. The van der Waals surface area contributed by atoms with Crippen molar-refractivity contribution >= 4 is 12.0 Å². The molecule has 2 amide bonds. The number of carbonyl (C=O) groups is 2. The molecule has 0 aromatic heterocycles. The quantitative estimate of drug-likeness (QED) is 0.648. The summed E-state index contributed by atoms with van der Waals surface area (Å²) >= 11 is 0. The Bertz CT molecular complexity index is 865. The number of cyclic esters (lactones) is 1. The molecule has 31 heavy (non-hydrogen) atoms. The number of nitrogens with zero attached hydrogens (tertiary/aromatic N) is 2. The Hall–Kier alpha value is -2.42. The van der Waals surface area contributed by atoms with Gasteiger partial charge in [-0.2, -0.15) is 0 Å². The highest BCUT2D eigenvalue weighted by Crippen LogP contribution is 2.44. The van der Waals surface area contributed by atoms with Crippen LogP contribution in [0, 0.1) is 5.41 Å². The minimum absolute atomic E-state index is 0.147. The lowest BCUT2D eigenvalue weighted by atomic mass is 9.88. The van der Waals surface area contributed by atoms with Gasteiger partial charge in [0.25, 0.3) is 0 Å². The highest BCUT2D eigenvalue weighted by molar-refractivity contribution is 5.93. The van der Waals surface area contributed by atoms with Gasteiger partial charge in [0.05, 0.1) is 25.9 Å². The molecular formula is C23H28N2O6. The van der Waals surface area contributed by atoms with E-state index in [4.69, 9.17) is 18.9 Å². The van der Waals surface area contributed by atoms with Gasteiger partial charge in [0, 0.05) is 12.0 Å². The summed E-state index contributed by atoms with van der Waals surface area (Å²) in [7, 11) is 0. The second kappa shape index (κ2) is 7.32. The maximum atomic E-state index is 13.8. The van der Waals surface area contributed by atoms with Gasteiger partial charge in [-0.05, 0) is 18.4 Å². The van der Waals surface area contributed by atoms with E-state index in [9.17, 15) is 9.59 Å². The fourth-order valence-electron chi connectivity index (χ4n) is 5.01. The van der Waals surface area contributed by atoms with Gasteiger partial charge >= 0.3 is 12.1 Å². The minimum atomic E-state index is -1.23. The van der Waals surface area contributed by atoms with Crippen LogP contribution in [0.25, 0.3) is 0 Å². The molecule has 2 atom stereocenters. The third-order valence-electron chi connectivity index (χ3n) is 6.79. The van der Waals surface area contributed by atoms with Gasteiger partial charge in [0.1, 0.15) is 18.7 Å². The summed E-state index contributed by atoms with van der Waals surface area (Å²) in [5, 5.41) is 0. The maximum Gasteiger partial charge on any atom is 0.411 e. The highest BCUT2D eigenvalue weighted by atomic mass is 16.9. The van der Waals surface area contributed by atoms with Crippen molar-refractivity contribution in [2.45, 2.75) is 37.3 Å². The first-order valence-corrected chi connectivity index (χ1v) is 10.7. The van der Waals surface area contributed by atoms with Crippen molar-refractivity contribution in [3.05, 3.63) is 48.6 Å². The van der Waals surface area contributed by atoms with E-state index >= 15 is 0 Å². The zero-order valence-electron chi connectivity index (χ0n) is 17.7. The Labute approximate surface area is 181 Å². The monoisotopic (exact) mass is 428 g/mol. The molecule has 5 aliphatic heterocycles. The zero-order valence-corrected chi connectivity index (χ0v) is 17.7. The van der Waals surface area contributed by atoms with Crippen molar-refractivity contribution in [3.8, 4) is 0 Å². The lowest BCUT2D eigenvalue weighted by Gasteiger charge is -2.51. The number of fused-ring (bicyclic) bond motifs is 3. The Morgan fingerprint density at radius 1 is 1.13 bits per heavy atom. The first-order valence-electron chi connectivity index (χ1n) is 10.7. The summed E-state index contributed by atoms with van der Waals surface area (Å²) < 4.78 is 23.1. The molecule has 2 bridgehead atoms. The summed E-state index contributed by atoms with van der Waals surface area (Å²) in [6, 6.07) is 9.34. The van der Waals surface area contributed by atoms with Crippen molar-refractivity contribution in [2.75, 3.05) is 39.5 Å². The number of carbonyl (C=O) groups excluding carboxylic acids is 2. The van der Waals surface area contributed by atoms with Crippen LogP contribution in [0.2, 0.25) is 0 Å². The van der Waals surface area contributed by atoms with E-state index in [2.05, 4.69) is 13.5 Å². The molecule has 5 heterocycles. The van der Waals surface area contributed by atoms with Gasteiger partial charge in [-0.25, -0.2) is 4.79 Å². The van der Waals surface area contributed by atoms with Crippen molar-refractivity contribution in [1.29, 1.82) is 0 Å². The third kappa shape index (κ3) is 3.24. The topological polar surface area (TPSA) is 77.5 Å². The van der Waals surface area contributed by atoms with Crippen LogP contribution >= 0.6 is 0 Å². The molecule has 166 valence electrons. The number of likely N-dealkylation sites (tertiary alicyclic amines) is 1. The standard InChI is InChI=1S/C23H28N2O6/c1-3-9-22(25-18(12-28-20(25)27)17-7-5-4-6-8-17)10-11-24(19(22)26)13-23-29-14-21(2,15-30-23)16-31-23/h3-8,18H,1,9-16H2,2H3/t18-,21?,22+,23?/m1/s1. The SMILES string of the molecule is C=CC[C@]1(N2C(=O)OC[C@@H]2c2ccccc2)CCN(CC23OCC(C)(CO2)CO3)C1=O. The smallest absolute Gasteiger partial charge is 0.411 e. The van der Waals surface area contributed by atoms with Crippen molar-refractivity contribution in [2.24, 2.45) is 5.41 Å². The van der Waals surface area contributed by atoms with Gasteiger partial charge in [0.2, 0.25) is 5.91 Å². The average Bonchev–Trinajstić information content (AvgIpc) is 3.32. The van der Waals surface area contributed by atoms with Crippen LogP contribution in [0.5, 0.6) is 0 Å². The number of benzene rings is 1. The Kier molecular flexibility index (Phi) is 4.84. The molecular weight excluding hydrogens is 400 g/mol. The average molecular weight is 428 g/mol. The number of rotatable bonds is 6. The largest absolute Gasteiger partial charge is 0.447 e. The maximum absolute atomic E-state index is 13.8. The Morgan fingerprint density at radius 2 is 1.81 bits per heavy atom. The zero-order chi connectivity index (χ0) is 21.7. The first kappa shape index (κ1) is 20.5. The molecule has 0 spiro atoms. The van der Waals surface area contributed by atoms with E-state index in [1.54, 1.807) is 15.9 Å². The molecule has 5 saturated heterocycles. The van der Waals surface area contributed by atoms with Crippen LogP contribution in [0.1, 0.15) is 31.4 Å². The van der Waals surface area contributed by atoms with Gasteiger partial charge < -0.3 is 23.8 Å². The summed E-state index contributed by atoms with van der Waals surface area (Å²) in [4.78, 5) is 30.0. The van der Waals surface area contributed by atoms with Gasteiger partial charge in [-0.15, -0.1) is 6.58 Å². The second-order valence-corrected chi connectivity index (χ2v) is 9.23. The summed E-state index contributed by atoms with van der Waals surface area (Å²) in [6.45, 7) is 8.34. The minimum Gasteiger partial charge on any atom is -0.447 e. The van der Waals surface area contributed by atoms with Gasteiger partial charge in [0.15, 0.2) is 0 Å². The van der Waals surface area contributed by atoms with Gasteiger partial charge in [-0.3, -0.25) is 9.69 Å².